The molecule has 4 nitrogen and oxygen atoms in total. The molecule has 0 bridgehead atoms. The zero-order chi connectivity index (χ0) is 22.4. The van der Waals surface area contributed by atoms with Crippen LogP contribution < -0.4 is 5.32 Å². The van der Waals surface area contributed by atoms with Crippen molar-refractivity contribution in [2.24, 2.45) is 0 Å². The molecule has 1 aliphatic carbocycles. The van der Waals surface area contributed by atoms with Crippen LogP contribution >= 0.6 is 35.8 Å². The average molecular weight is 481 g/mol. The van der Waals surface area contributed by atoms with Gasteiger partial charge in [-0.15, -0.1) is 0 Å². The van der Waals surface area contributed by atoms with Gasteiger partial charge in [-0.05, 0) is 56.6 Å². The van der Waals surface area contributed by atoms with Crippen molar-refractivity contribution in [3.05, 3.63) is 58.1 Å². The van der Waals surface area contributed by atoms with Gasteiger partial charge >= 0.3 is 5.97 Å². The molecule has 0 radical (unpaired) electrons. The summed E-state index contributed by atoms with van der Waals surface area (Å²) in [6.07, 6.45) is 6.47. The van der Waals surface area contributed by atoms with Gasteiger partial charge in [0, 0.05) is 17.0 Å². The molecule has 2 aromatic rings. The molecule has 3 rings (SSSR count). The minimum Gasteiger partial charge on any atom is -0.481 e. The zero-order valence-corrected chi connectivity index (χ0v) is 20.2. The summed E-state index contributed by atoms with van der Waals surface area (Å²) in [5.41, 5.74) is 2.00. The lowest BCUT2D eigenvalue weighted by atomic mass is 9.87. The smallest absolute Gasteiger partial charge is 0.311 e. The summed E-state index contributed by atoms with van der Waals surface area (Å²) in [5, 5.41) is 14.2. The van der Waals surface area contributed by atoms with Crippen LogP contribution in [0.2, 0.25) is 10.0 Å². The summed E-state index contributed by atoms with van der Waals surface area (Å²) in [5.74, 6) is -1.49. The molecular formula is C24H30Cl2N2O2S. The maximum atomic E-state index is 12.2. The molecule has 2 aromatic carbocycles. The van der Waals surface area contributed by atoms with E-state index in [-0.39, 0.29) is 4.75 Å². The third kappa shape index (κ3) is 6.55. The molecule has 0 heterocycles. The summed E-state index contributed by atoms with van der Waals surface area (Å²) in [4.78, 5) is 14.4. The number of nitrogens with zero attached hydrogens (tertiary/aromatic N) is 1. The Morgan fingerprint density at radius 1 is 1.13 bits per heavy atom. The Balaban J connectivity index is 1.73. The van der Waals surface area contributed by atoms with Crippen LogP contribution in [0.1, 0.15) is 50.0 Å². The van der Waals surface area contributed by atoms with Gasteiger partial charge in [0.25, 0.3) is 0 Å². The highest BCUT2D eigenvalue weighted by molar-refractivity contribution is 7.81. The van der Waals surface area contributed by atoms with Crippen molar-refractivity contribution in [1.82, 2.24) is 4.90 Å². The van der Waals surface area contributed by atoms with Crippen LogP contribution in [0.15, 0.2) is 42.5 Å². The van der Waals surface area contributed by atoms with Gasteiger partial charge in [-0.1, -0.05) is 66.7 Å². The Morgan fingerprint density at radius 3 is 2.42 bits per heavy atom. The number of hydrogen-bond acceptors (Lipinski definition) is 4. The molecular weight excluding hydrogens is 451 g/mol. The lowest BCUT2D eigenvalue weighted by molar-refractivity contribution is -0.139. The van der Waals surface area contributed by atoms with Gasteiger partial charge in [-0.2, -0.15) is 12.6 Å². The van der Waals surface area contributed by atoms with E-state index < -0.39 is 11.9 Å². The number of thiol groups is 1. The van der Waals surface area contributed by atoms with Gasteiger partial charge in [0.05, 0.1) is 21.7 Å². The van der Waals surface area contributed by atoms with E-state index in [2.05, 4.69) is 17.3 Å². The van der Waals surface area contributed by atoms with Crippen LogP contribution in [0.5, 0.6) is 0 Å². The quantitative estimate of drug-likeness (QED) is 0.343. The molecule has 1 aliphatic rings. The Hall–Kier alpha value is -1.40. The van der Waals surface area contributed by atoms with Gasteiger partial charge in [-0.3, -0.25) is 4.79 Å². The van der Waals surface area contributed by atoms with Crippen LogP contribution in [-0.4, -0.2) is 40.9 Å². The fraction of sp³-hybridized carbons (Fsp3) is 0.458. The van der Waals surface area contributed by atoms with Gasteiger partial charge in [0.2, 0.25) is 0 Å². The second-order valence-corrected chi connectivity index (χ2v) is 10.3. The highest BCUT2D eigenvalue weighted by Crippen LogP contribution is 2.37. The van der Waals surface area contributed by atoms with Crippen molar-refractivity contribution in [1.29, 1.82) is 0 Å². The Morgan fingerprint density at radius 2 is 1.77 bits per heavy atom. The second kappa shape index (κ2) is 11.0. The fourth-order valence-electron chi connectivity index (χ4n) is 4.38. The third-order valence-corrected chi connectivity index (χ3v) is 7.22. The normalized spacial score (nSPS) is 16.8. The van der Waals surface area contributed by atoms with E-state index >= 15 is 0 Å². The van der Waals surface area contributed by atoms with Gasteiger partial charge < -0.3 is 15.3 Å². The summed E-state index contributed by atoms with van der Waals surface area (Å²) < 4.78 is 0.0337. The van der Waals surface area contributed by atoms with Crippen LogP contribution in [0, 0.1) is 0 Å². The Bertz CT molecular complexity index is 883. The zero-order valence-electron chi connectivity index (χ0n) is 17.8. The molecule has 1 unspecified atom stereocenters. The average Bonchev–Trinajstić information content (AvgIpc) is 2.72. The molecule has 1 atom stereocenters. The minimum atomic E-state index is -0.842. The maximum Gasteiger partial charge on any atom is 0.311 e. The topological polar surface area (TPSA) is 52.6 Å². The molecule has 0 aromatic heterocycles. The number of carbonyl (C=O) groups is 1. The molecule has 31 heavy (non-hydrogen) atoms. The van der Waals surface area contributed by atoms with E-state index in [1.165, 1.54) is 19.3 Å². The summed E-state index contributed by atoms with van der Waals surface area (Å²) in [6.45, 7) is 1.55. The number of halogens is 2. The monoisotopic (exact) mass is 480 g/mol. The number of carboxylic acid groups (broad SMARTS) is 1. The van der Waals surface area contributed by atoms with Crippen molar-refractivity contribution >= 4 is 53.2 Å². The number of para-hydroxylation sites is 2. The first-order valence-electron chi connectivity index (χ1n) is 10.7. The molecule has 168 valence electrons. The van der Waals surface area contributed by atoms with E-state index in [1.807, 2.05) is 24.3 Å². The van der Waals surface area contributed by atoms with E-state index in [0.29, 0.717) is 34.4 Å². The maximum absolute atomic E-state index is 12.2. The lowest BCUT2D eigenvalue weighted by Crippen LogP contribution is -2.39. The summed E-state index contributed by atoms with van der Waals surface area (Å²) in [7, 11) is 2.05. The van der Waals surface area contributed by atoms with Gasteiger partial charge in [0.1, 0.15) is 0 Å². The molecule has 0 saturated heterocycles. The van der Waals surface area contributed by atoms with Crippen LogP contribution in [-0.2, 0) is 4.79 Å². The van der Waals surface area contributed by atoms with Crippen molar-refractivity contribution < 1.29 is 9.90 Å². The molecule has 0 spiro atoms. The second-order valence-electron chi connectivity index (χ2n) is 8.51. The van der Waals surface area contributed by atoms with Crippen LogP contribution in [0.4, 0.5) is 11.4 Å². The summed E-state index contributed by atoms with van der Waals surface area (Å²) >= 11 is 17.6. The number of carboxylic acids is 1. The predicted molar refractivity (Wildman–Crippen MR) is 133 cm³/mol. The number of nitrogens with one attached hydrogen (secondary N) is 1. The van der Waals surface area contributed by atoms with Crippen molar-refractivity contribution in [2.75, 3.05) is 25.5 Å². The highest BCUT2D eigenvalue weighted by Gasteiger charge is 2.30. The van der Waals surface area contributed by atoms with E-state index in [9.17, 15) is 9.90 Å². The first kappa shape index (κ1) is 24.2. The third-order valence-electron chi connectivity index (χ3n) is 6.00. The molecule has 1 fully saturated rings. The largest absolute Gasteiger partial charge is 0.481 e. The fourth-order valence-corrected chi connectivity index (χ4v) is 5.43. The number of hydrogen-bond donors (Lipinski definition) is 3. The van der Waals surface area contributed by atoms with Crippen LogP contribution in [0.25, 0.3) is 0 Å². The lowest BCUT2D eigenvalue weighted by Gasteiger charge is -2.36. The molecule has 0 amide bonds. The SMILES string of the molecule is CN(CCC(C(=O)O)c1ccccc1Nc1c(Cl)cccc1Cl)CC1(S)CCCCC1. The first-order chi connectivity index (χ1) is 14.8. The van der Waals surface area contributed by atoms with E-state index in [1.54, 1.807) is 18.2 Å². The van der Waals surface area contributed by atoms with Crippen LogP contribution in [0.3, 0.4) is 0 Å². The molecule has 0 aliphatic heterocycles. The molecule has 7 heteroatoms. The minimum absolute atomic E-state index is 0.0337. The number of aliphatic carboxylic acids is 1. The number of anilines is 2. The Kier molecular flexibility index (Phi) is 8.57. The van der Waals surface area contributed by atoms with E-state index in [4.69, 9.17) is 35.8 Å². The highest BCUT2D eigenvalue weighted by atomic mass is 35.5. The number of benzene rings is 2. The number of rotatable bonds is 9. The van der Waals surface area contributed by atoms with Crippen molar-refractivity contribution in [3.8, 4) is 0 Å². The standard InChI is InChI=1S/C24H30Cl2N2O2S/c1-28(16-24(31)13-5-2-6-14-24)15-12-18(23(29)30)17-8-3-4-11-21(17)27-22-19(25)9-7-10-20(22)26/h3-4,7-11,18,27,31H,2,5-6,12-16H2,1H3,(H,29,30). The summed E-state index contributed by atoms with van der Waals surface area (Å²) in [6, 6.07) is 12.7. The van der Waals surface area contributed by atoms with Gasteiger partial charge in [0.15, 0.2) is 0 Å². The Labute approximate surface area is 200 Å². The predicted octanol–water partition coefficient (Wildman–Crippen LogP) is 6.86. The first-order valence-corrected chi connectivity index (χ1v) is 11.9. The van der Waals surface area contributed by atoms with Crippen molar-refractivity contribution in [3.63, 3.8) is 0 Å². The molecule has 1 saturated carbocycles. The molecule has 2 N–H and O–H groups in total. The van der Waals surface area contributed by atoms with Crippen molar-refractivity contribution in [2.45, 2.75) is 49.2 Å². The van der Waals surface area contributed by atoms with Gasteiger partial charge in [-0.25, -0.2) is 0 Å². The van der Waals surface area contributed by atoms with E-state index in [0.717, 1.165) is 24.9 Å².